The highest BCUT2D eigenvalue weighted by molar-refractivity contribution is 5.87. The molecule has 0 saturated heterocycles. The maximum Gasteiger partial charge on any atom is 0.416 e. The molecule has 0 aliphatic rings. The molecule has 0 aromatic heterocycles. The van der Waals surface area contributed by atoms with Crippen molar-refractivity contribution < 1.29 is 37.3 Å². The second-order valence-electron chi connectivity index (χ2n) is 7.01. The van der Waals surface area contributed by atoms with Crippen LogP contribution in [-0.4, -0.2) is 49.4 Å². The fourth-order valence-corrected chi connectivity index (χ4v) is 2.91. The minimum Gasteiger partial charge on any atom is -0.491 e. The van der Waals surface area contributed by atoms with E-state index >= 15 is 0 Å². The Morgan fingerprint density at radius 1 is 1.03 bits per heavy atom. The summed E-state index contributed by atoms with van der Waals surface area (Å²) in [5, 5.41) is 11.3. The molecule has 0 saturated carbocycles. The summed E-state index contributed by atoms with van der Waals surface area (Å²) < 4.78 is 48.1. The van der Waals surface area contributed by atoms with Crippen LogP contribution in [-0.2, 0) is 33.3 Å². The van der Waals surface area contributed by atoms with Crippen molar-refractivity contribution in [3.63, 3.8) is 0 Å². The number of halogens is 3. The summed E-state index contributed by atoms with van der Waals surface area (Å²) in [6.45, 7) is 0.0513. The summed E-state index contributed by atoms with van der Waals surface area (Å²) in [6.07, 6.45) is -4.34. The van der Waals surface area contributed by atoms with E-state index in [1.165, 1.54) is 12.1 Å². The molecule has 0 bridgehead atoms. The van der Waals surface area contributed by atoms with Gasteiger partial charge in [0.1, 0.15) is 18.4 Å². The number of carbonyl (C=O) groups is 2. The maximum absolute atomic E-state index is 12.7. The highest BCUT2D eigenvalue weighted by Gasteiger charge is 2.30. The molecule has 174 valence electrons. The highest BCUT2D eigenvalue weighted by Crippen LogP contribution is 2.29. The van der Waals surface area contributed by atoms with Crippen molar-refractivity contribution in [2.75, 3.05) is 20.3 Å². The number of nitrogens with one attached hydrogen (secondary N) is 1. The molecular weight excluding hydrogens is 429 g/mol. The summed E-state index contributed by atoms with van der Waals surface area (Å²) >= 11 is 0. The van der Waals surface area contributed by atoms with Gasteiger partial charge in [0.25, 0.3) is 0 Å². The average molecular weight is 454 g/mol. The lowest BCUT2D eigenvalue weighted by Crippen LogP contribution is -2.50. The molecule has 0 heterocycles. The number of aliphatic hydroxyl groups is 1. The number of hydrogen-bond acceptors (Lipinski definition) is 6. The van der Waals surface area contributed by atoms with E-state index in [0.717, 1.165) is 24.8 Å². The zero-order chi connectivity index (χ0) is 23.7. The van der Waals surface area contributed by atoms with E-state index in [2.05, 4.69) is 5.32 Å². The van der Waals surface area contributed by atoms with Gasteiger partial charge in [0.2, 0.25) is 5.91 Å². The summed E-state index contributed by atoms with van der Waals surface area (Å²) in [6, 6.07) is 9.02. The van der Waals surface area contributed by atoms with Crippen LogP contribution >= 0.6 is 0 Å². The minimum absolute atomic E-state index is 0.0554. The van der Waals surface area contributed by atoms with Gasteiger partial charge in [0.15, 0.2) is 0 Å². The van der Waals surface area contributed by atoms with Crippen LogP contribution in [0.25, 0.3) is 0 Å². The quantitative estimate of drug-likeness (QED) is 0.473. The van der Waals surface area contributed by atoms with Gasteiger partial charge in [0, 0.05) is 6.42 Å². The van der Waals surface area contributed by atoms with E-state index in [9.17, 15) is 22.8 Å². The van der Waals surface area contributed by atoms with Crippen LogP contribution < -0.4 is 15.8 Å². The number of benzene rings is 2. The summed E-state index contributed by atoms with van der Waals surface area (Å²) in [5.74, 6) is -0.785. The van der Waals surface area contributed by atoms with Gasteiger partial charge >= 0.3 is 12.1 Å². The van der Waals surface area contributed by atoms with Crippen LogP contribution in [0.1, 0.15) is 16.7 Å². The first kappa shape index (κ1) is 25.2. The summed E-state index contributed by atoms with van der Waals surface area (Å²) in [7, 11) is 1.15. The number of rotatable bonds is 10. The Balaban J connectivity index is 2.00. The number of aliphatic hydroxyl groups excluding tert-OH is 1. The molecule has 10 heteroatoms. The molecule has 32 heavy (non-hydrogen) atoms. The van der Waals surface area contributed by atoms with Gasteiger partial charge in [-0.3, -0.25) is 4.79 Å². The van der Waals surface area contributed by atoms with E-state index in [1.54, 1.807) is 24.3 Å². The molecule has 2 rings (SSSR count). The highest BCUT2D eigenvalue weighted by atomic mass is 19.4. The van der Waals surface area contributed by atoms with Crippen molar-refractivity contribution in [2.45, 2.75) is 31.1 Å². The van der Waals surface area contributed by atoms with Crippen LogP contribution in [0.15, 0.2) is 48.5 Å². The Morgan fingerprint density at radius 3 is 2.12 bits per heavy atom. The van der Waals surface area contributed by atoms with Crippen LogP contribution in [0.4, 0.5) is 13.2 Å². The maximum atomic E-state index is 12.7. The molecule has 0 unspecified atom stereocenters. The standard InChI is InChI=1S/C22H25F3N2O5/c1-31-21(30)19(13-15-2-6-16(7-3-15)22(23,24)25)27-20(29)18(26)12-14-4-8-17(9-5-14)32-11-10-28/h2-9,18-19,28H,10-13,26H2,1H3,(H,27,29)/t18-,19-/m0/s1. The number of methoxy groups -OCH3 is 1. The van der Waals surface area contributed by atoms with E-state index in [4.69, 9.17) is 20.3 Å². The molecule has 4 N–H and O–H groups in total. The Bertz CT molecular complexity index is 886. The van der Waals surface area contributed by atoms with Gasteiger partial charge < -0.3 is 25.6 Å². The van der Waals surface area contributed by atoms with Crippen LogP contribution in [0.3, 0.4) is 0 Å². The Morgan fingerprint density at radius 2 is 1.59 bits per heavy atom. The molecule has 0 fully saturated rings. The molecule has 0 spiro atoms. The largest absolute Gasteiger partial charge is 0.491 e. The second-order valence-corrected chi connectivity index (χ2v) is 7.01. The molecule has 0 aliphatic carbocycles. The Kier molecular flexibility index (Phi) is 9.03. The van der Waals surface area contributed by atoms with Crippen molar-refractivity contribution in [3.05, 3.63) is 65.2 Å². The number of alkyl halides is 3. The molecule has 2 aromatic carbocycles. The third-order valence-electron chi connectivity index (χ3n) is 4.60. The number of hydrogen-bond donors (Lipinski definition) is 3. The van der Waals surface area contributed by atoms with Crippen molar-refractivity contribution in [1.82, 2.24) is 5.32 Å². The average Bonchev–Trinajstić information content (AvgIpc) is 2.77. The number of nitrogens with two attached hydrogens (primary N) is 1. The molecule has 1 amide bonds. The zero-order valence-electron chi connectivity index (χ0n) is 17.4. The summed E-state index contributed by atoms with van der Waals surface area (Å²) in [4.78, 5) is 24.6. The number of esters is 1. The van der Waals surface area contributed by atoms with Gasteiger partial charge in [-0.2, -0.15) is 13.2 Å². The predicted octanol–water partition coefficient (Wildman–Crippen LogP) is 1.85. The minimum atomic E-state index is -4.47. The molecule has 2 atom stereocenters. The fraction of sp³-hybridized carbons (Fsp3) is 0.364. The SMILES string of the molecule is COC(=O)[C@H](Cc1ccc(C(F)(F)F)cc1)NC(=O)[C@@H](N)Cc1ccc(OCCO)cc1. The lowest BCUT2D eigenvalue weighted by Gasteiger charge is -2.20. The van der Waals surface area contributed by atoms with Gasteiger partial charge in [-0.1, -0.05) is 24.3 Å². The fourth-order valence-electron chi connectivity index (χ4n) is 2.91. The molecule has 2 aromatic rings. The zero-order valence-corrected chi connectivity index (χ0v) is 17.4. The van der Waals surface area contributed by atoms with E-state index in [1.807, 2.05) is 0 Å². The normalized spacial score (nSPS) is 13.2. The predicted molar refractivity (Wildman–Crippen MR) is 110 cm³/mol. The van der Waals surface area contributed by atoms with Gasteiger partial charge in [-0.15, -0.1) is 0 Å². The molecular formula is C22H25F3N2O5. The van der Waals surface area contributed by atoms with Crippen molar-refractivity contribution in [2.24, 2.45) is 5.73 Å². The number of amides is 1. The topological polar surface area (TPSA) is 111 Å². The summed E-state index contributed by atoms with van der Waals surface area (Å²) in [5.41, 5.74) is 6.32. The first-order valence-corrected chi connectivity index (χ1v) is 9.76. The second kappa shape index (κ2) is 11.5. The van der Waals surface area contributed by atoms with Gasteiger partial charge in [-0.05, 0) is 41.8 Å². The smallest absolute Gasteiger partial charge is 0.416 e. The lowest BCUT2D eigenvalue weighted by atomic mass is 10.0. The lowest BCUT2D eigenvalue weighted by molar-refractivity contribution is -0.145. The van der Waals surface area contributed by atoms with E-state index < -0.39 is 35.7 Å². The molecule has 7 nitrogen and oxygen atoms in total. The molecule has 0 radical (unpaired) electrons. The van der Waals surface area contributed by atoms with Crippen LogP contribution in [0, 0.1) is 0 Å². The van der Waals surface area contributed by atoms with Gasteiger partial charge in [0.05, 0.1) is 25.3 Å². The van der Waals surface area contributed by atoms with Crippen LogP contribution in [0.5, 0.6) is 5.75 Å². The van der Waals surface area contributed by atoms with Crippen LogP contribution in [0.2, 0.25) is 0 Å². The Hall–Kier alpha value is -3.11. The first-order chi connectivity index (χ1) is 15.1. The van der Waals surface area contributed by atoms with E-state index in [0.29, 0.717) is 11.3 Å². The third-order valence-corrected chi connectivity index (χ3v) is 4.60. The first-order valence-electron chi connectivity index (χ1n) is 9.76. The monoisotopic (exact) mass is 454 g/mol. The number of carbonyl (C=O) groups excluding carboxylic acids is 2. The van der Waals surface area contributed by atoms with Gasteiger partial charge in [-0.25, -0.2) is 4.79 Å². The van der Waals surface area contributed by atoms with Crippen molar-refractivity contribution >= 4 is 11.9 Å². The Labute approximate surface area is 183 Å². The number of ether oxygens (including phenoxy) is 2. The van der Waals surface area contributed by atoms with E-state index in [-0.39, 0.29) is 26.1 Å². The van der Waals surface area contributed by atoms with Crippen molar-refractivity contribution in [1.29, 1.82) is 0 Å². The third kappa shape index (κ3) is 7.54. The van der Waals surface area contributed by atoms with Crippen molar-refractivity contribution in [3.8, 4) is 5.75 Å². The molecule has 0 aliphatic heterocycles.